The van der Waals surface area contributed by atoms with Crippen LogP contribution < -0.4 is 5.32 Å². The number of aldehydes is 1. The van der Waals surface area contributed by atoms with Gasteiger partial charge in [0.1, 0.15) is 12.3 Å². The van der Waals surface area contributed by atoms with Crippen molar-refractivity contribution in [1.82, 2.24) is 5.32 Å². The zero-order valence-electron chi connectivity index (χ0n) is 7.52. The summed E-state index contributed by atoms with van der Waals surface area (Å²) in [6.07, 6.45) is 0.587. The molecule has 0 unspecified atom stereocenters. The van der Waals surface area contributed by atoms with Crippen molar-refractivity contribution in [2.75, 3.05) is 6.54 Å². The van der Waals surface area contributed by atoms with Gasteiger partial charge in [-0.25, -0.2) is 0 Å². The molecule has 0 aliphatic rings. The summed E-state index contributed by atoms with van der Waals surface area (Å²) in [5.74, 6) is -0.921. The fourth-order valence-corrected chi connectivity index (χ4v) is 0.860. The Kier molecular flexibility index (Phi) is 4.64. The summed E-state index contributed by atoms with van der Waals surface area (Å²) in [6.45, 7) is 2.35. The largest absolute Gasteiger partial charge is 0.346 e. The van der Waals surface area contributed by atoms with Crippen molar-refractivity contribution < 1.29 is 14.5 Å². The highest BCUT2D eigenvalue weighted by molar-refractivity contribution is 5.73. The third kappa shape index (κ3) is 4.89. The van der Waals surface area contributed by atoms with Crippen LogP contribution in [0, 0.1) is 16.0 Å². The summed E-state index contributed by atoms with van der Waals surface area (Å²) >= 11 is 0. The minimum atomic E-state index is -0.718. The molecule has 0 aromatic carbocycles. The third-order valence-electron chi connectivity index (χ3n) is 1.58. The number of nitrogens with zero attached hydrogens (tertiary/aromatic N) is 1. The first-order chi connectivity index (χ1) is 5.97. The van der Waals surface area contributed by atoms with Crippen LogP contribution in [0.25, 0.3) is 0 Å². The number of rotatable bonds is 5. The second-order valence-electron chi connectivity index (χ2n) is 2.82. The average molecular weight is 188 g/mol. The van der Waals surface area contributed by atoms with Gasteiger partial charge in [0.05, 0.1) is 0 Å². The minimum absolute atomic E-state index is 0.374. The fourth-order valence-electron chi connectivity index (χ4n) is 0.860. The van der Waals surface area contributed by atoms with E-state index in [0.717, 1.165) is 0 Å². The summed E-state index contributed by atoms with van der Waals surface area (Å²) < 4.78 is 0. The molecule has 1 N–H and O–H groups in total. The van der Waals surface area contributed by atoms with Crippen molar-refractivity contribution in [2.45, 2.75) is 19.9 Å². The molecule has 13 heavy (non-hydrogen) atoms. The van der Waals surface area contributed by atoms with E-state index in [1.807, 2.05) is 0 Å². The Morgan fingerprint density at radius 3 is 2.54 bits per heavy atom. The van der Waals surface area contributed by atoms with Crippen LogP contribution in [0.4, 0.5) is 0 Å². The van der Waals surface area contributed by atoms with E-state index in [4.69, 9.17) is 0 Å². The molecule has 0 radical (unpaired) electrons. The summed E-state index contributed by atoms with van der Waals surface area (Å²) in [6, 6.07) is -0.718. The van der Waals surface area contributed by atoms with Crippen LogP contribution in [-0.4, -0.2) is 29.7 Å². The normalized spacial score (nSPS) is 14.3. The van der Waals surface area contributed by atoms with E-state index < -0.39 is 23.4 Å². The molecule has 0 aromatic rings. The van der Waals surface area contributed by atoms with Crippen LogP contribution >= 0.6 is 0 Å². The van der Waals surface area contributed by atoms with Gasteiger partial charge in [-0.3, -0.25) is 14.9 Å². The summed E-state index contributed by atoms with van der Waals surface area (Å²) in [5, 5.41) is 12.5. The van der Waals surface area contributed by atoms with E-state index in [1.165, 1.54) is 13.8 Å². The van der Waals surface area contributed by atoms with Gasteiger partial charge >= 0.3 is 0 Å². The Bertz CT molecular complexity index is 201. The van der Waals surface area contributed by atoms with Gasteiger partial charge in [-0.1, -0.05) is 6.92 Å². The van der Waals surface area contributed by atoms with E-state index in [0.29, 0.717) is 6.29 Å². The Morgan fingerprint density at radius 2 is 2.23 bits per heavy atom. The molecule has 0 spiro atoms. The summed E-state index contributed by atoms with van der Waals surface area (Å²) in [5.41, 5.74) is 0. The molecule has 1 amide bonds. The van der Waals surface area contributed by atoms with Crippen molar-refractivity contribution in [3.8, 4) is 0 Å². The standard InChI is InChI=1S/C7H12N2O4/c1-5(4-10)7(3-9(12)13)8-6(2)11/h4-5,7H,3H2,1-2H3,(H,8,11)/t5-,7-/m1/s1. The van der Waals surface area contributed by atoms with Crippen molar-refractivity contribution in [1.29, 1.82) is 0 Å². The summed E-state index contributed by atoms with van der Waals surface area (Å²) in [4.78, 5) is 30.5. The molecule has 2 atom stereocenters. The lowest BCUT2D eigenvalue weighted by Gasteiger charge is -2.15. The molecule has 74 valence electrons. The Hall–Kier alpha value is -1.46. The van der Waals surface area contributed by atoms with Gasteiger partial charge in [0.15, 0.2) is 0 Å². The van der Waals surface area contributed by atoms with Gasteiger partial charge in [-0.15, -0.1) is 0 Å². The molecule has 0 aliphatic heterocycles. The van der Waals surface area contributed by atoms with Crippen molar-refractivity contribution in [2.24, 2.45) is 5.92 Å². The summed E-state index contributed by atoms with van der Waals surface area (Å²) in [7, 11) is 0. The number of hydrogen-bond acceptors (Lipinski definition) is 4. The highest BCUT2D eigenvalue weighted by Crippen LogP contribution is 1.99. The first-order valence-electron chi connectivity index (χ1n) is 3.81. The molecule has 6 heteroatoms. The molecular formula is C7H12N2O4. The van der Waals surface area contributed by atoms with E-state index >= 15 is 0 Å². The predicted octanol–water partition coefficient (Wildman–Crippen LogP) is -0.397. The van der Waals surface area contributed by atoms with Crippen molar-refractivity contribution >= 4 is 12.2 Å². The van der Waals surface area contributed by atoms with Gasteiger partial charge < -0.3 is 10.1 Å². The van der Waals surface area contributed by atoms with Gasteiger partial charge in [0.25, 0.3) is 0 Å². The molecular weight excluding hydrogens is 176 g/mol. The second kappa shape index (κ2) is 5.23. The lowest BCUT2D eigenvalue weighted by Crippen LogP contribution is -2.43. The van der Waals surface area contributed by atoms with Crippen LogP contribution in [0.5, 0.6) is 0 Å². The SMILES string of the molecule is CC(=O)N[C@H](C[N+](=O)[O-])[C@H](C)C=O. The molecule has 0 aromatic heterocycles. The first-order valence-corrected chi connectivity index (χ1v) is 3.81. The van der Waals surface area contributed by atoms with E-state index in [9.17, 15) is 19.7 Å². The second-order valence-corrected chi connectivity index (χ2v) is 2.82. The molecule has 6 nitrogen and oxygen atoms in total. The Balaban J connectivity index is 4.25. The van der Waals surface area contributed by atoms with E-state index in [1.54, 1.807) is 0 Å². The number of nitro groups is 1. The van der Waals surface area contributed by atoms with Crippen LogP contribution in [-0.2, 0) is 9.59 Å². The molecule has 0 fully saturated rings. The number of carbonyl (C=O) groups excluding carboxylic acids is 2. The monoisotopic (exact) mass is 188 g/mol. The smallest absolute Gasteiger partial charge is 0.224 e. The van der Waals surface area contributed by atoms with E-state index in [-0.39, 0.29) is 5.91 Å². The molecule has 0 saturated carbocycles. The van der Waals surface area contributed by atoms with Crippen LogP contribution in [0.3, 0.4) is 0 Å². The highest BCUT2D eigenvalue weighted by atomic mass is 16.6. The lowest BCUT2D eigenvalue weighted by atomic mass is 10.0. The van der Waals surface area contributed by atoms with Crippen LogP contribution in [0.1, 0.15) is 13.8 Å². The first kappa shape index (κ1) is 11.5. The van der Waals surface area contributed by atoms with E-state index in [2.05, 4.69) is 5.32 Å². The quantitative estimate of drug-likeness (QED) is 0.361. The number of amides is 1. The maximum Gasteiger partial charge on any atom is 0.224 e. The van der Waals surface area contributed by atoms with Crippen LogP contribution in [0.15, 0.2) is 0 Å². The molecule has 0 saturated heterocycles. The predicted molar refractivity (Wildman–Crippen MR) is 44.7 cm³/mol. The zero-order valence-corrected chi connectivity index (χ0v) is 7.52. The number of hydrogen-bond donors (Lipinski definition) is 1. The highest BCUT2D eigenvalue weighted by Gasteiger charge is 2.22. The zero-order chi connectivity index (χ0) is 10.4. The maximum absolute atomic E-state index is 10.6. The maximum atomic E-state index is 10.6. The van der Waals surface area contributed by atoms with Gasteiger partial charge in [0.2, 0.25) is 12.5 Å². The number of nitrogens with one attached hydrogen (secondary N) is 1. The minimum Gasteiger partial charge on any atom is -0.346 e. The van der Waals surface area contributed by atoms with Crippen molar-refractivity contribution in [3.63, 3.8) is 0 Å². The molecule has 0 bridgehead atoms. The lowest BCUT2D eigenvalue weighted by molar-refractivity contribution is -0.484. The fraction of sp³-hybridized carbons (Fsp3) is 0.714. The van der Waals surface area contributed by atoms with Gasteiger partial charge in [-0.2, -0.15) is 0 Å². The Morgan fingerprint density at radius 1 is 1.69 bits per heavy atom. The average Bonchev–Trinajstić information content (AvgIpc) is 2.00. The van der Waals surface area contributed by atoms with Gasteiger partial charge in [0, 0.05) is 17.8 Å². The van der Waals surface area contributed by atoms with Crippen molar-refractivity contribution in [3.05, 3.63) is 10.1 Å². The number of carbonyl (C=O) groups is 2. The molecule has 0 heterocycles. The molecule has 0 aliphatic carbocycles. The Labute approximate surface area is 75.5 Å². The topological polar surface area (TPSA) is 89.3 Å². The third-order valence-corrected chi connectivity index (χ3v) is 1.58. The van der Waals surface area contributed by atoms with Crippen LogP contribution in [0.2, 0.25) is 0 Å². The van der Waals surface area contributed by atoms with Gasteiger partial charge in [-0.05, 0) is 0 Å². The molecule has 0 rings (SSSR count).